The monoisotopic (exact) mass is 302 g/mol. The van der Waals surface area contributed by atoms with Crippen molar-refractivity contribution in [1.82, 2.24) is 5.32 Å². The molecule has 0 radical (unpaired) electrons. The molecule has 0 unspecified atom stereocenters. The number of rotatable bonds is 6. The Morgan fingerprint density at radius 1 is 1.24 bits per heavy atom. The highest BCUT2D eigenvalue weighted by Gasteiger charge is 2.16. The number of nitrogens with one attached hydrogen (secondary N) is 1. The number of hydrogen-bond acceptors (Lipinski definition) is 3. The fourth-order valence-electron chi connectivity index (χ4n) is 2.21. The summed E-state index contributed by atoms with van der Waals surface area (Å²) >= 11 is 1.48. The van der Waals surface area contributed by atoms with Crippen LogP contribution in [0.2, 0.25) is 0 Å². The van der Waals surface area contributed by atoms with Gasteiger partial charge in [-0.3, -0.25) is 4.79 Å². The molecule has 1 aromatic heterocycles. The second-order valence-corrected chi connectivity index (χ2v) is 6.38. The van der Waals surface area contributed by atoms with Crippen LogP contribution in [0, 0.1) is 5.92 Å². The van der Waals surface area contributed by atoms with Crippen molar-refractivity contribution in [3.8, 4) is 11.1 Å². The average molecular weight is 302 g/mol. The van der Waals surface area contributed by atoms with E-state index >= 15 is 0 Å². The van der Waals surface area contributed by atoms with E-state index in [9.17, 15) is 4.79 Å². The van der Waals surface area contributed by atoms with Gasteiger partial charge < -0.3 is 11.1 Å². The van der Waals surface area contributed by atoms with E-state index in [0.717, 1.165) is 28.0 Å². The molecule has 2 rings (SSSR count). The summed E-state index contributed by atoms with van der Waals surface area (Å²) in [6.45, 7) is 5.49. The van der Waals surface area contributed by atoms with E-state index in [1.54, 1.807) is 0 Å². The Morgan fingerprint density at radius 2 is 2.00 bits per heavy atom. The highest BCUT2D eigenvalue weighted by molar-refractivity contribution is 7.12. The summed E-state index contributed by atoms with van der Waals surface area (Å²) in [5, 5.41) is 4.96. The number of thiophene rings is 1. The van der Waals surface area contributed by atoms with Gasteiger partial charge in [0, 0.05) is 18.7 Å². The predicted molar refractivity (Wildman–Crippen MR) is 89.4 cm³/mol. The fraction of sp³-hybridized carbons (Fsp3) is 0.353. The maximum atomic E-state index is 12.3. The largest absolute Gasteiger partial charge is 0.351 e. The third-order valence-electron chi connectivity index (χ3n) is 3.41. The number of hydrogen-bond donors (Lipinski definition) is 2. The zero-order valence-electron chi connectivity index (χ0n) is 12.6. The summed E-state index contributed by atoms with van der Waals surface area (Å²) in [5.41, 5.74) is 8.89. The number of carbonyl (C=O) groups excluding carboxylic acids is 1. The SMILES string of the molecule is CC(C)CCNC(=O)c1sccc1-c1ccccc1CN. The van der Waals surface area contributed by atoms with Gasteiger partial charge in [0.05, 0.1) is 4.88 Å². The Balaban J connectivity index is 2.20. The molecule has 0 saturated heterocycles. The summed E-state index contributed by atoms with van der Waals surface area (Å²) in [6.07, 6.45) is 0.992. The van der Waals surface area contributed by atoms with Crippen LogP contribution in [0.3, 0.4) is 0 Å². The average Bonchev–Trinajstić information content (AvgIpc) is 2.96. The summed E-state index contributed by atoms with van der Waals surface area (Å²) in [7, 11) is 0. The van der Waals surface area contributed by atoms with E-state index < -0.39 is 0 Å². The molecule has 0 aliphatic carbocycles. The molecule has 3 nitrogen and oxygen atoms in total. The minimum Gasteiger partial charge on any atom is -0.351 e. The lowest BCUT2D eigenvalue weighted by Crippen LogP contribution is -2.25. The van der Waals surface area contributed by atoms with Crippen LogP contribution >= 0.6 is 11.3 Å². The highest BCUT2D eigenvalue weighted by Crippen LogP contribution is 2.30. The lowest BCUT2D eigenvalue weighted by Gasteiger charge is -2.10. The zero-order chi connectivity index (χ0) is 15.2. The van der Waals surface area contributed by atoms with Crippen LogP contribution in [-0.2, 0) is 6.54 Å². The summed E-state index contributed by atoms with van der Waals surface area (Å²) in [6, 6.07) is 9.98. The normalized spacial score (nSPS) is 10.9. The standard InChI is InChI=1S/C17H22N2OS/c1-12(2)7-9-19-17(20)16-15(8-10-21-16)14-6-4-3-5-13(14)11-18/h3-6,8,10,12H,7,9,11,18H2,1-2H3,(H,19,20). The molecular formula is C17H22N2OS. The molecule has 0 saturated carbocycles. The van der Waals surface area contributed by atoms with Gasteiger partial charge in [0.25, 0.3) is 5.91 Å². The van der Waals surface area contributed by atoms with Gasteiger partial charge in [-0.05, 0) is 34.9 Å². The van der Waals surface area contributed by atoms with Gasteiger partial charge in [-0.15, -0.1) is 11.3 Å². The van der Waals surface area contributed by atoms with Gasteiger partial charge in [0.15, 0.2) is 0 Å². The summed E-state index contributed by atoms with van der Waals surface area (Å²) < 4.78 is 0. The van der Waals surface area contributed by atoms with Crippen LogP contribution in [0.4, 0.5) is 0 Å². The Bertz CT molecular complexity index is 604. The van der Waals surface area contributed by atoms with Crippen molar-refractivity contribution >= 4 is 17.2 Å². The van der Waals surface area contributed by atoms with E-state index in [1.807, 2.05) is 35.7 Å². The maximum absolute atomic E-state index is 12.3. The Morgan fingerprint density at radius 3 is 2.71 bits per heavy atom. The van der Waals surface area contributed by atoms with Crippen LogP contribution < -0.4 is 11.1 Å². The second-order valence-electron chi connectivity index (χ2n) is 5.46. The van der Waals surface area contributed by atoms with Crippen molar-refractivity contribution in [3.63, 3.8) is 0 Å². The van der Waals surface area contributed by atoms with E-state index in [-0.39, 0.29) is 5.91 Å². The Labute approximate surface area is 130 Å². The van der Waals surface area contributed by atoms with Crippen LogP contribution in [-0.4, -0.2) is 12.5 Å². The third kappa shape index (κ3) is 3.93. The molecule has 0 bridgehead atoms. The first kappa shape index (κ1) is 15.7. The van der Waals surface area contributed by atoms with Gasteiger partial charge in [-0.25, -0.2) is 0 Å². The number of carbonyl (C=O) groups is 1. The van der Waals surface area contributed by atoms with Crippen molar-refractivity contribution in [1.29, 1.82) is 0 Å². The van der Waals surface area contributed by atoms with E-state index in [0.29, 0.717) is 19.0 Å². The molecule has 2 aromatic rings. The van der Waals surface area contributed by atoms with Gasteiger partial charge in [0.2, 0.25) is 0 Å². The molecule has 112 valence electrons. The van der Waals surface area contributed by atoms with Gasteiger partial charge in [-0.2, -0.15) is 0 Å². The lowest BCUT2D eigenvalue weighted by atomic mass is 10.00. The maximum Gasteiger partial charge on any atom is 0.261 e. The van der Waals surface area contributed by atoms with E-state index in [2.05, 4.69) is 19.2 Å². The summed E-state index contributed by atoms with van der Waals surface area (Å²) in [4.78, 5) is 13.1. The van der Waals surface area contributed by atoms with Gasteiger partial charge in [-0.1, -0.05) is 38.1 Å². The van der Waals surface area contributed by atoms with Crippen molar-refractivity contribution < 1.29 is 4.79 Å². The Hall–Kier alpha value is -1.65. The van der Waals surface area contributed by atoms with Crippen molar-refractivity contribution in [3.05, 3.63) is 46.2 Å². The van der Waals surface area contributed by atoms with Crippen LogP contribution in [0.15, 0.2) is 35.7 Å². The molecule has 3 N–H and O–H groups in total. The van der Waals surface area contributed by atoms with Crippen molar-refractivity contribution in [2.24, 2.45) is 11.7 Å². The molecular weight excluding hydrogens is 280 g/mol. The highest BCUT2D eigenvalue weighted by atomic mass is 32.1. The minimum atomic E-state index is 0.00692. The topological polar surface area (TPSA) is 55.1 Å². The number of nitrogens with two attached hydrogens (primary N) is 1. The van der Waals surface area contributed by atoms with E-state index in [4.69, 9.17) is 5.73 Å². The third-order valence-corrected chi connectivity index (χ3v) is 4.32. The van der Waals surface area contributed by atoms with Crippen LogP contribution in [0.25, 0.3) is 11.1 Å². The molecule has 0 aliphatic heterocycles. The first-order valence-electron chi connectivity index (χ1n) is 7.27. The van der Waals surface area contributed by atoms with Crippen molar-refractivity contribution in [2.45, 2.75) is 26.8 Å². The quantitative estimate of drug-likeness (QED) is 0.855. The van der Waals surface area contributed by atoms with E-state index in [1.165, 1.54) is 11.3 Å². The zero-order valence-corrected chi connectivity index (χ0v) is 13.4. The molecule has 0 atom stereocenters. The molecule has 1 aromatic carbocycles. The molecule has 0 aliphatic rings. The minimum absolute atomic E-state index is 0.00692. The van der Waals surface area contributed by atoms with Crippen LogP contribution in [0.1, 0.15) is 35.5 Å². The van der Waals surface area contributed by atoms with Crippen LogP contribution in [0.5, 0.6) is 0 Å². The molecule has 0 fully saturated rings. The second kappa shape index (κ2) is 7.38. The van der Waals surface area contributed by atoms with Gasteiger partial charge in [0.1, 0.15) is 0 Å². The molecule has 1 heterocycles. The van der Waals surface area contributed by atoms with Crippen molar-refractivity contribution in [2.75, 3.05) is 6.54 Å². The fourth-order valence-corrected chi connectivity index (χ4v) is 3.04. The lowest BCUT2D eigenvalue weighted by molar-refractivity contribution is 0.0956. The first-order chi connectivity index (χ1) is 10.1. The molecule has 21 heavy (non-hydrogen) atoms. The number of amides is 1. The summed E-state index contributed by atoms with van der Waals surface area (Å²) in [5.74, 6) is 0.596. The molecule has 1 amide bonds. The smallest absolute Gasteiger partial charge is 0.261 e. The first-order valence-corrected chi connectivity index (χ1v) is 8.15. The van der Waals surface area contributed by atoms with Gasteiger partial charge >= 0.3 is 0 Å². The molecule has 0 spiro atoms. The molecule has 4 heteroatoms. The number of benzene rings is 1. The predicted octanol–water partition coefficient (Wildman–Crippen LogP) is 3.65. The Kier molecular flexibility index (Phi) is 5.53.